The van der Waals surface area contributed by atoms with Crippen LogP contribution in [-0.2, 0) is 4.74 Å². The van der Waals surface area contributed by atoms with Crippen molar-refractivity contribution in [2.75, 3.05) is 13.2 Å². The Balaban J connectivity index is 1.87. The summed E-state index contributed by atoms with van der Waals surface area (Å²) in [6.07, 6.45) is 10.00. The highest BCUT2D eigenvalue weighted by molar-refractivity contribution is 4.86. The molecule has 0 aromatic rings. The topological polar surface area (TPSA) is 9.23 Å². The number of ether oxygens (including phenoxy) is 1. The van der Waals surface area contributed by atoms with Gasteiger partial charge in [0, 0.05) is 13.2 Å². The lowest BCUT2D eigenvalue weighted by Crippen LogP contribution is -2.33. The average molecular weight is 182 g/mol. The van der Waals surface area contributed by atoms with Crippen molar-refractivity contribution in [3.63, 3.8) is 0 Å². The highest BCUT2D eigenvalue weighted by atomic mass is 16.5. The van der Waals surface area contributed by atoms with Crippen molar-refractivity contribution in [1.29, 1.82) is 0 Å². The summed E-state index contributed by atoms with van der Waals surface area (Å²) in [6.45, 7) is 4.39. The van der Waals surface area contributed by atoms with Crippen molar-refractivity contribution < 1.29 is 4.74 Å². The lowest BCUT2D eigenvalue weighted by atomic mass is 9.66. The first-order chi connectivity index (χ1) is 6.35. The Kier molecular flexibility index (Phi) is 2.92. The molecule has 1 heterocycles. The Morgan fingerprint density at radius 2 is 1.69 bits per heavy atom. The molecular formula is C12H22O. The molecule has 1 saturated carbocycles. The molecule has 0 amide bonds. The maximum atomic E-state index is 5.45. The zero-order valence-corrected chi connectivity index (χ0v) is 8.85. The molecule has 1 spiro atoms. The van der Waals surface area contributed by atoms with Gasteiger partial charge in [-0.15, -0.1) is 0 Å². The van der Waals surface area contributed by atoms with Crippen molar-refractivity contribution in [2.45, 2.75) is 51.9 Å². The zero-order valence-electron chi connectivity index (χ0n) is 8.85. The van der Waals surface area contributed by atoms with Gasteiger partial charge in [-0.1, -0.05) is 13.3 Å². The van der Waals surface area contributed by atoms with E-state index in [1.807, 2.05) is 0 Å². The highest BCUT2D eigenvalue weighted by Gasteiger charge is 2.35. The van der Waals surface area contributed by atoms with E-state index in [-0.39, 0.29) is 0 Å². The van der Waals surface area contributed by atoms with E-state index >= 15 is 0 Å². The minimum Gasteiger partial charge on any atom is -0.381 e. The second kappa shape index (κ2) is 4.00. The van der Waals surface area contributed by atoms with Crippen LogP contribution in [0.1, 0.15) is 51.9 Å². The molecule has 0 aromatic carbocycles. The van der Waals surface area contributed by atoms with Crippen LogP contribution >= 0.6 is 0 Å². The maximum Gasteiger partial charge on any atom is 0.0471 e. The monoisotopic (exact) mass is 182 g/mol. The van der Waals surface area contributed by atoms with Gasteiger partial charge in [-0.2, -0.15) is 0 Å². The second-order valence-corrected chi connectivity index (χ2v) is 4.96. The molecule has 0 bridgehead atoms. The molecule has 0 radical (unpaired) electrons. The summed E-state index contributed by atoms with van der Waals surface area (Å²) in [5, 5.41) is 0. The molecule has 0 N–H and O–H groups in total. The van der Waals surface area contributed by atoms with Gasteiger partial charge in [0.2, 0.25) is 0 Å². The van der Waals surface area contributed by atoms with Crippen LogP contribution in [0.4, 0.5) is 0 Å². The third-order valence-corrected chi connectivity index (χ3v) is 4.30. The third-order valence-electron chi connectivity index (χ3n) is 4.30. The van der Waals surface area contributed by atoms with Gasteiger partial charge in [0.25, 0.3) is 0 Å². The fourth-order valence-corrected chi connectivity index (χ4v) is 3.00. The van der Waals surface area contributed by atoms with E-state index in [9.17, 15) is 0 Å². The summed E-state index contributed by atoms with van der Waals surface area (Å²) in [5.74, 6) is 1.04. The molecule has 1 aliphatic heterocycles. The van der Waals surface area contributed by atoms with Gasteiger partial charge in [-0.05, 0) is 49.9 Å². The molecule has 0 atom stereocenters. The molecule has 0 unspecified atom stereocenters. The Hall–Kier alpha value is -0.0400. The van der Waals surface area contributed by atoms with Crippen LogP contribution in [0.3, 0.4) is 0 Å². The van der Waals surface area contributed by atoms with Crippen LogP contribution < -0.4 is 0 Å². The van der Waals surface area contributed by atoms with Gasteiger partial charge in [0.1, 0.15) is 0 Å². The zero-order chi connectivity index (χ0) is 9.15. The lowest BCUT2D eigenvalue weighted by molar-refractivity contribution is -0.0130. The molecule has 2 aliphatic rings. The molecule has 1 saturated heterocycles. The predicted octanol–water partition coefficient (Wildman–Crippen LogP) is 3.38. The lowest BCUT2D eigenvalue weighted by Gasteiger charge is -2.42. The van der Waals surface area contributed by atoms with Crippen LogP contribution in [0.25, 0.3) is 0 Å². The van der Waals surface area contributed by atoms with Crippen LogP contribution in [0.2, 0.25) is 0 Å². The summed E-state index contributed by atoms with van der Waals surface area (Å²) >= 11 is 0. The Morgan fingerprint density at radius 1 is 1.08 bits per heavy atom. The first-order valence-corrected chi connectivity index (χ1v) is 5.92. The Morgan fingerprint density at radius 3 is 2.23 bits per heavy atom. The largest absolute Gasteiger partial charge is 0.381 e. The van der Waals surface area contributed by atoms with E-state index < -0.39 is 0 Å². The van der Waals surface area contributed by atoms with Crippen LogP contribution in [0, 0.1) is 11.3 Å². The molecular weight excluding hydrogens is 160 g/mol. The van der Waals surface area contributed by atoms with Crippen molar-refractivity contribution >= 4 is 0 Å². The minimum atomic E-state index is 0.712. The Labute approximate surface area is 81.9 Å². The van der Waals surface area contributed by atoms with Crippen LogP contribution in [0.5, 0.6) is 0 Å². The summed E-state index contributed by atoms with van der Waals surface area (Å²) in [4.78, 5) is 0. The molecule has 13 heavy (non-hydrogen) atoms. The standard InChI is InChI=1S/C12H22O/c1-2-11-3-5-12(6-4-11)7-9-13-10-8-12/h11H,2-10H2,1H3. The van der Waals surface area contributed by atoms with Crippen molar-refractivity contribution in [2.24, 2.45) is 11.3 Å². The molecule has 76 valence electrons. The average Bonchev–Trinajstić information content (AvgIpc) is 2.20. The minimum absolute atomic E-state index is 0.712. The quantitative estimate of drug-likeness (QED) is 0.604. The summed E-state index contributed by atoms with van der Waals surface area (Å²) in [5.41, 5.74) is 0.712. The summed E-state index contributed by atoms with van der Waals surface area (Å²) in [6, 6.07) is 0. The van der Waals surface area contributed by atoms with Gasteiger partial charge in [0.05, 0.1) is 0 Å². The SMILES string of the molecule is CCC1CCC2(CCOCC2)CC1. The van der Waals surface area contributed by atoms with E-state index in [1.54, 1.807) is 0 Å². The molecule has 2 rings (SSSR count). The number of rotatable bonds is 1. The van der Waals surface area contributed by atoms with Gasteiger partial charge in [0.15, 0.2) is 0 Å². The molecule has 1 nitrogen and oxygen atoms in total. The van der Waals surface area contributed by atoms with Crippen molar-refractivity contribution in [3.8, 4) is 0 Å². The van der Waals surface area contributed by atoms with Gasteiger partial charge >= 0.3 is 0 Å². The first-order valence-electron chi connectivity index (χ1n) is 5.92. The summed E-state index contributed by atoms with van der Waals surface area (Å²) < 4.78 is 5.45. The van der Waals surface area contributed by atoms with Gasteiger partial charge in [-0.25, -0.2) is 0 Å². The first kappa shape index (κ1) is 9.51. The predicted molar refractivity (Wildman–Crippen MR) is 54.7 cm³/mol. The second-order valence-electron chi connectivity index (χ2n) is 4.96. The molecule has 1 heteroatoms. The van der Waals surface area contributed by atoms with E-state index in [4.69, 9.17) is 4.74 Å². The van der Waals surface area contributed by atoms with Gasteiger partial charge < -0.3 is 4.74 Å². The van der Waals surface area contributed by atoms with Crippen LogP contribution in [-0.4, -0.2) is 13.2 Å². The summed E-state index contributed by atoms with van der Waals surface area (Å²) in [7, 11) is 0. The van der Waals surface area contributed by atoms with E-state index in [0.717, 1.165) is 19.1 Å². The van der Waals surface area contributed by atoms with Gasteiger partial charge in [-0.3, -0.25) is 0 Å². The Bertz CT molecular complexity index is 149. The fourth-order valence-electron chi connectivity index (χ4n) is 3.00. The van der Waals surface area contributed by atoms with Crippen molar-refractivity contribution in [3.05, 3.63) is 0 Å². The molecule has 1 aliphatic carbocycles. The van der Waals surface area contributed by atoms with Crippen LogP contribution in [0.15, 0.2) is 0 Å². The van der Waals surface area contributed by atoms with E-state index in [1.165, 1.54) is 44.9 Å². The fraction of sp³-hybridized carbons (Fsp3) is 1.00. The third kappa shape index (κ3) is 2.07. The highest BCUT2D eigenvalue weighted by Crippen LogP contribution is 2.46. The maximum absolute atomic E-state index is 5.45. The smallest absolute Gasteiger partial charge is 0.0471 e. The van der Waals surface area contributed by atoms with E-state index in [0.29, 0.717) is 5.41 Å². The number of hydrogen-bond acceptors (Lipinski definition) is 1. The molecule has 2 fully saturated rings. The van der Waals surface area contributed by atoms with E-state index in [2.05, 4.69) is 6.92 Å². The van der Waals surface area contributed by atoms with Crippen molar-refractivity contribution in [1.82, 2.24) is 0 Å². The normalized spacial score (nSPS) is 29.3. The molecule has 0 aromatic heterocycles. The number of hydrogen-bond donors (Lipinski definition) is 0.